The van der Waals surface area contributed by atoms with E-state index in [9.17, 15) is 14.0 Å². The molecule has 0 aliphatic carbocycles. The van der Waals surface area contributed by atoms with Gasteiger partial charge >= 0.3 is 6.03 Å². The highest BCUT2D eigenvalue weighted by Gasteiger charge is 2.21. The molecule has 0 saturated heterocycles. The highest BCUT2D eigenvalue weighted by atomic mass is 19.1. The molecule has 0 aromatic heterocycles. The molecule has 1 atom stereocenters. The lowest BCUT2D eigenvalue weighted by atomic mass is 10.1. The van der Waals surface area contributed by atoms with Crippen molar-refractivity contribution in [3.05, 3.63) is 35.6 Å². The van der Waals surface area contributed by atoms with Gasteiger partial charge in [0.1, 0.15) is 11.9 Å². The summed E-state index contributed by atoms with van der Waals surface area (Å²) in [5.74, 6) is -0.504. The van der Waals surface area contributed by atoms with Crippen LogP contribution in [0.5, 0.6) is 0 Å². The lowest BCUT2D eigenvalue weighted by Crippen LogP contribution is -2.48. The highest BCUT2D eigenvalue weighted by molar-refractivity contribution is 5.86. The minimum absolute atomic E-state index is 0.195. The Labute approximate surface area is 130 Å². The molecule has 0 bridgehead atoms. The minimum atomic E-state index is -0.726. The van der Waals surface area contributed by atoms with Crippen LogP contribution in [0.25, 0.3) is 0 Å². The molecule has 0 radical (unpaired) electrons. The molecule has 3 amide bonds. The number of hydrogen-bond acceptors (Lipinski definition) is 2. The molecule has 0 fully saturated rings. The number of hydrogen-bond donors (Lipinski definition) is 2. The maximum absolute atomic E-state index is 13.0. The third-order valence-corrected chi connectivity index (χ3v) is 3.36. The number of nitrogens with zero attached hydrogens (tertiary/aromatic N) is 1. The second-order valence-electron chi connectivity index (χ2n) is 5.32. The SMILES string of the molecule is CCCCCN(Cc1ccc(F)cc1)C(=O)[C@H](C)NC(N)=O. The highest BCUT2D eigenvalue weighted by Crippen LogP contribution is 2.10. The second kappa shape index (κ2) is 9.02. The van der Waals surface area contributed by atoms with Gasteiger partial charge in [0.2, 0.25) is 5.91 Å². The average Bonchev–Trinajstić information content (AvgIpc) is 2.47. The molecule has 1 aromatic carbocycles. The Morgan fingerprint density at radius 2 is 1.91 bits per heavy atom. The summed E-state index contributed by atoms with van der Waals surface area (Å²) in [6, 6.07) is 4.64. The maximum Gasteiger partial charge on any atom is 0.312 e. The lowest BCUT2D eigenvalue weighted by molar-refractivity contribution is -0.133. The van der Waals surface area contributed by atoms with Gasteiger partial charge in [0.05, 0.1) is 0 Å². The molecule has 0 heterocycles. The first kappa shape index (κ1) is 17.9. The quantitative estimate of drug-likeness (QED) is 0.724. The molecule has 0 aliphatic rings. The van der Waals surface area contributed by atoms with Gasteiger partial charge in [-0.2, -0.15) is 0 Å². The van der Waals surface area contributed by atoms with E-state index in [0.29, 0.717) is 13.1 Å². The van der Waals surface area contributed by atoms with Crippen molar-refractivity contribution in [3.63, 3.8) is 0 Å². The second-order valence-corrected chi connectivity index (χ2v) is 5.32. The summed E-state index contributed by atoms with van der Waals surface area (Å²) in [5.41, 5.74) is 5.90. The zero-order valence-corrected chi connectivity index (χ0v) is 13.1. The number of rotatable bonds is 8. The number of carbonyl (C=O) groups is 2. The first-order valence-electron chi connectivity index (χ1n) is 7.53. The molecule has 1 rings (SSSR count). The maximum atomic E-state index is 13.0. The minimum Gasteiger partial charge on any atom is -0.352 e. The standard InChI is InChI=1S/C16H24FN3O2/c1-3-4-5-10-20(15(21)12(2)19-16(18)22)11-13-6-8-14(17)9-7-13/h6-9,12H,3-5,10-11H2,1-2H3,(H3,18,19,22)/t12-/m0/s1. The summed E-state index contributed by atoms with van der Waals surface area (Å²) in [7, 11) is 0. The van der Waals surface area contributed by atoms with E-state index in [2.05, 4.69) is 12.2 Å². The first-order chi connectivity index (χ1) is 10.4. The van der Waals surface area contributed by atoms with E-state index >= 15 is 0 Å². The molecule has 3 N–H and O–H groups in total. The number of nitrogens with one attached hydrogen (secondary N) is 1. The number of carbonyl (C=O) groups excluding carboxylic acids is 2. The summed E-state index contributed by atoms with van der Waals surface area (Å²) in [6.07, 6.45) is 2.95. The van der Waals surface area contributed by atoms with E-state index in [1.165, 1.54) is 12.1 Å². The zero-order chi connectivity index (χ0) is 16.5. The third-order valence-electron chi connectivity index (χ3n) is 3.36. The average molecular weight is 309 g/mol. The molecule has 1 aromatic rings. The summed E-state index contributed by atoms with van der Waals surface area (Å²) in [5, 5.41) is 2.40. The molecular formula is C16H24FN3O2. The number of unbranched alkanes of at least 4 members (excludes halogenated alkanes) is 2. The molecule has 0 unspecified atom stereocenters. The van der Waals surface area contributed by atoms with E-state index < -0.39 is 12.1 Å². The molecular weight excluding hydrogens is 285 g/mol. The van der Waals surface area contributed by atoms with E-state index in [1.807, 2.05) is 0 Å². The Bertz CT molecular complexity index is 491. The van der Waals surface area contributed by atoms with Gasteiger partial charge in [0.25, 0.3) is 0 Å². The van der Waals surface area contributed by atoms with Crippen molar-refractivity contribution in [2.24, 2.45) is 5.73 Å². The summed E-state index contributed by atoms with van der Waals surface area (Å²) < 4.78 is 13.0. The van der Waals surface area contributed by atoms with E-state index in [4.69, 9.17) is 5.73 Å². The van der Waals surface area contributed by atoms with Crippen molar-refractivity contribution in [3.8, 4) is 0 Å². The molecule has 6 heteroatoms. The fourth-order valence-electron chi connectivity index (χ4n) is 2.18. The summed E-state index contributed by atoms with van der Waals surface area (Å²) in [6.45, 7) is 4.66. The van der Waals surface area contributed by atoms with E-state index in [1.54, 1.807) is 24.0 Å². The predicted molar refractivity (Wildman–Crippen MR) is 83.5 cm³/mol. The van der Waals surface area contributed by atoms with E-state index in [0.717, 1.165) is 24.8 Å². The number of amides is 3. The number of halogens is 1. The topological polar surface area (TPSA) is 75.4 Å². The Morgan fingerprint density at radius 1 is 1.27 bits per heavy atom. The van der Waals surface area contributed by atoms with Gasteiger partial charge in [-0.05, 0) is 31.0 Å². The van der Waals surface area contributed by atoms with Gasteiger partial charge in [-0.1, -0.05) is 31.9 Å². The number of nitrogens with two attached hydrogens (primary N) is 1. The molecule has 0 aliphatic heterocycles. The monoisotopic (exact) mass is 309 g/mol. The van der Waals surface area contributed by atoms with Gasteiger partial charge in [0, 0.05) is 13.1 Å². The Kier molecular flexibility index (Phi) is 7.36. The fraction of sp³-hybridized carbons (Fsp3) is 0.500. The van der Waals surface area contributed by atoms with Crippen LogP contribution >= 0.6 is 0 Å². The largest absolute Gasteiger partial charge is 0.352 e. The normalized spacial score (nSPS) is 11.8. The molecule has 0 spiro atoms. The Balaban J connectivity index is 2.75. The van der Waals surface area contributed by atoms with Gasteiger partial charge in [-0.3, -0.25) is 4.79 Å². The van der Waals surface area contributed by atoms with Crippen molar-refractivity contribution in [1.29, 1.82) is 0 Å². The lowest BCUT2D eigenvalue weighted by Gasteiger charge is -2.26. The predicted octanol–water partition coefficient (Wildman–Crippen LogP) is 2.40. The molecule has 0 saturated carbocycles. The van der Waals surface area contributed by atoms with Crippen molar-refractivity contribution >= 4 is 11.9 Å². The van der Waals surface area contributed by atoms with Crippen molar-refractivity contribution in [2.45, 2.75) is 45.7 Å². The Hall–Kier alpha value is -2.11. The van der Waals surface area contributed by atoms with Crippen LogP contribution in [0.1, 0.15) is 38.7 Å². The van der Waals surface area contributed by atoms with Crippen LogP contribution < -0.4 is 11.1 Å². The van der Waals surface area contributed by atoms with Gasteiger partial charge in [0.15, 0.2) is 0 Å². The zero-order valence-electron chi connectivity index (χ0n) is 13.1. The van der Waals surface area contributed by atoms with Crippen LogP contribution in [0.15, 0.2) is 24.3 Å². The van der Waals surface area contributed by atoms with Gasteiger partial charge in [-0.15, -0.1) is 0 Å². The van der Waals surface area contributed by atoms with Crippen molar-refractivity contribution in [2.75, 3.05) is 6.54 Å². The number of primary amides is 1. The summed E-state index contributed by atoms with van der Waals surface area (Å²) in [4.78, 5) is 25.0. The molecule has 5 nitrogen and oxygen atoms in total. The Morgan fingerprint density at radius 3 is 2.45 bits per heavy atom. The first-order valence-corrected chi connectivity index (χ1v) is 7.53. The molecule has 22 heavy (non-hydrogen) atoms. The molecule has 122 valence electrons. The summed E-state index contributed by atoms with van der Waals surface area (Å²) >= 11 is 0. The van der Waals surface area contributed by atoms with Crippen molar-refractivity contribution < 1.29 is 14.0 Å². The third kappa shape index (κ3) is 6.11. The van der Waals surface area contributed by atoms with Crippen molar-refractivity contribution in [1.82, 2.24) is 10.2 Å². The van der Waals surface area contributed by atoms with E-state index in [-0.39, 0.29) is 11.7 Å². The van der Waals surface area contributed by atoms with Crippen LogP contribution in [0.2, 0.25) is 0 Å². The number of benzene rings is 1. The van der Waals surface area contributed by atoms with Gasteiger partial charge in [-0.25, -0.2) is 9.18 Å². The van der Waals surface area contributed by atoms with Crippen LogP contribution in [0.3, 0.4) is 0 Å². The van der Waals surface area contributed by atoms with Gasteiger partial charge < -0.3 is 16.0 Å². The van der Waals surface area contributed by atoms with Crippen LogP contribution in [-0.4, -0.2) is 29.4 Å². The number of urea groups is 1. The van der Waals surface area contributed by atoms with Crippen LogP contribution in [0.4, 0.5) is 9.18 Å². The smallest absolute Gasteiger partial charge is 0.312 e. The fourth-order valence-corrected chi connectivity index (χ4v) is 2.18. The van der Waals surface area contributed by atoms with Crippen LogP contribution in [0, 0.1) is 5.82 Å². The van der Waals surface area contributed by atoms with Crippen LogP contribution in [-0.2, 0) is 11.3 Å².